The van der Waals surface area contributed by atoms with E-state index in [1.807, 2.05) is 70.3 Å². The third-order valence-electron chi connectivity index (χ3n) is 7.42. The monoisotopic (exact) mass is 686 g/mol. The number of thiazole rings is 1. The molecule has 14 heteroatoms. The van der Waals surface area contributed by atoms with Gasteiger partial charge in [-0.2, -0.15) is 4.31 Å². The van der Waals surface area contributed by atoms with Gasteiger partial charge in [0, 0.05) is 25.5 Å². The number of sulfonamides is 1. The molecule has 256 valence electrons. The van der Waals surface area contributed by atoms with Gasteiger partial charge in [0.1, 0.15) is 6.04 Å². The minimum absolute atomic E-state index is 0.0172. The van der Waals surface area contributed by atoms with Gasteiger partial charge in [-0.3, -0.25) is 4.79 Å². The van der Waals surface area contributed by atoms with Crippen LogP contribution in [0.25, 0.3) is 0 Å². The number of hydrogen-bond acceptors (Lipinski definition) is 9. The van der Waals surface area contributed by atoms with Gasteiger partial charge in [-0.25, -0.2) is 18.2 Å². The molecule has 0 saturated heterocycles. The van der Waals surface area contributed by atoms with Crippen molar-refractivity contribution in [2.75, 3.05) is 20.1 Å². The largest absolute Gasteiger partial charge is 0.411 e. The number of urea groups is 1. The predicted molar refractivity (Wildman–Crippen MR) is 183 cm³/mol. The zero-order valence-electron chi connectivity index (χ0n) is 27.7. The maximum atomic E-state index is 13.8. The van der Waals surface area contributed by atoms with E-state index in [2.05, 4.69) is 20.8 Å². The number of aliphatic hydroxyl groups is 1. The van der Waals surface area contributed by atoms with Crippen LogP contribution in [0.4, 0.5) is 4.79 Å². The van der Waals surface area contributed by atoms with E-state index in [0.717, 1.165) is 16.3 Å². The highest BCUT2D eigenvalue weighted by Crippen LogP contribution is 2.20. The summed E-state index contributed by atoms with van der Waals surface area (Å²) in [5.74, 6) is -0.851. The lowest BCUT2D eigenvalue weighted by molar-refractivity contribution is -0.125. The van der Waals surface area contributed by atoms with Crippen molar-refractivity contribution >= 4 is 39.5 Å². The lowest BCUT2D eigenvalue weighted by Crippen LogP contribution is -2.58. The molecule has 3 aromatic rings. The number of aliphatic hydroxyl groups excluding tert-OH is 1. The van der Waals surface area contributed by atoms with Crippen LogP contribution in [0.1, 0.15) is 49.5 Å². The number of oxime groups is 1. The number of nitrogens with one attached hydrogen (secondary N) is 2. The third kappa shape index (κ3) is 11.1. The molecule has 2 aromatic carbocycles. The number of nitrogens with zero attached hydrogens (tertiary/aromatic N) is 4. The molecule has 1 aromatic heterocycles. The molecule has 0 aliphatic rings. The molecule has 1 heterocycles. The molecular weight excluding hydrogens is 641 g/mol. The second-order valence-corrected chi connectivity index (χ2v) is 15.3. The standard InChI is InChI=1S/C33H46N6O6S2/c1-22(2)18-39(47(44,45)28-14-12-26(13-15-28)17-34-43)20-30(40)29(16-25-10-8-7-9-11-25)36-32(41)31(23(3)4)37-33(42)38(6)19-27-21-46-24(5)35-27/h7-15,17,21-23,29-31,40,43H,16,18-20H2,1-6H3,(H,36,41)(H,37,42)/b34-17+/t29-,30+,31-/m0/s1. The number of aromatic nitrogens is 1. The first-order valence-corrected chi connectivity index (χ1v) is 17.8. The van der Waals surface area contributed by atoms with Crippen molar-refractivity contribution in [2.24, 2.45) is 17.0 Å². The average Bonchev–Trinajstić information content (AvgIpc) is 3.43. The second kappa shape index (κ2) is 17.3. The van der Waals surface area contributed by atoms with Gasteiger partial charge in [0.15, 0.2) is 0 Å². The Bertz CT molecular complexity index is 1580. The van der Waals surface area contributed by atoms with E-state index in [9.17, 15) is 23.1 Å². The van der Waals surface area contributed by atoms with Crippen molar-refractivity contribution in [3.05, 3.63) is 81.8 Å². The van der Waals surface area contributed by atoms with Gasteiger partial charge in [0.2, 0.25) is 15.9 Å². The maximum absolute atomic E-state index is 13.8. The molecule has 47 heavy (non-hydrogen) atoms. The van der Waals surface area contributed by atoms with E-state index in [0.29, 0.717) is 5.56 Å². The molecule has 0 saturated carbocycles. The number of rotatable bonds is 16. The summed E-state index contributed by atoms with van der Waals surface area (Å²) < 4.78 is 28.8. The number of benzene rings is 2. The highest BCUT2D eigenvalue weighted by Gasteiger charge is 2.34. The van der Waals surface area contributed by atoms with E-state index in [-0.39, 0.29) is 42.8 Å². The van der Waals surface area contributed by atoms with Crippen molar-refractivity contribution in [3.8, 4) is 0 Å². The number of hydrogen-bond donors (Lipinski definition) is 4. The molecule has 3 rings (SSSR count). The SMILES string of the molecule is Cc1nc(CN(C)C(=O)N[C@H](C(=O)N[C@@H](Cc2ccccc2)[C@H](O)CN(CC(C)C)S(=O)(=O)c2ccc(/C=N/O)cc2)C(C)C)cs1. The van der Waals surface area contributed by atoms with Gasteiger partial charge in [0.25, 0.3) is 0 Å². The normalized spacial score (nSPS) is 14.0. The Kier molecular flexibility index (Phi) is 13.9. The van der Waals surface area contributed by atoms with E-state index in [1.54, 1.807) is 7.05 Å². The summed E-state index contributed by atoms with van der Waals surface area (Å²) in [6, 6.07) is 12.9. The van der Waals surface area contributed by atoms with E-state index in [4.69, 9.17) is 5.21 Å². The van der Waals surface area contributed by atoms with Crippen LogP contribution in [-0.4, -0.2) is 89.4 Å². The molecule has 0 aliphatic heterocycles. The smallest absolute Gasteiger partial charge is 0.318 e. The summed E-state index contributed by atoms with van der Waals surface area (Å²) in [5.41, 5.74) is 2.10. The van der Waals surface area contributed by atoms with Crippen LogP contribution in [-0.2, 0) is 27.8 Å². The molecule has 0 aliphatic carbocycles. The number of aryl methyl sites for hydroxylation is 1. The molecule has 4 N–H and O–H groups in total. The fourth-order valence-electron chi connectivity index (χ4n) is 4.95. The first-order chi connectivity index (χ1) is 22.2. The quantitative estimate of drug-likeness (QED) is 0.101. The molecule has 0 spiro atoms. The number of carbonyl (C=O) groups is 2. The van der Waals surface area contributed by atoms with Crippen LogP contribution in [0, 0.1) is 18.8 Å². The van der Waals surface area contributed by atoms with Crippen LogP contribution in [0.15, 0.2) is 70.0 Å². The van der Waals surface area contributed by atoms with Crippen molar-refractivity contribution in [2.45, 2.75) is 70.7 Å². The van der Waals surface area contributed by atoms with Crippen LogP contribution in [0.2, 0.25) is 0 Å². The maximum Gasteiger partial charge on any atom is 0.318 e. The Morgan fingerprint density at radius 2 is 1.68 bits per heavy atom. The molecule has 0 fully saturated rings. The van der Waals surface area contributed by atoms with Gasteiger partial charge < -0.3 is 25.8 Å². The minimum Gasteiger partial charge on any atom is -0.411 e. The summed E-state index contributed by atoms with van der Waals surface area (Å²) in [7, 11) is -2.43. The van der Waals surface area contributed by atoms with E-state index < -0.39 is 40.1 Å². The van der Waals surface area contributed by atoms with Crippen LogP contribution in [0.3, 0.4) is 0 Å². The van der Waals surface area contributed by atoms with E-state index in [1.165, 1.54) is 51.0 Å². The molecule has 3 amide bonds. The summed E-state index contributed by atoms with van der Waals surface area (Å²) in [5, 5.41) is 31.9. The summed E-state index contributed by atoms with van der Waals surface area (Å²) in [4.78, 5) is 32.7. The molecule has 3 atom stereocenters. The molecule has 0 radical (unpaired) electrons. The van der Waals surface area contributed by atoms with Gasteiger partial charge in [0.05, 0.1) is 40.5 Å². The highest BCUT2D eigenvalue weighted by atomic mass is 32.2. The Balaban J connectivity index is 1.84. The fraction of sp³-hybridized carbons (Fsp3) is 0.455. The van der Waals surface area contributed by atoms with Gasteiger partial charge >= 0.3 is 6.03 Å². The molecule has 0 bridgehead atoms. The summed E-state index contributed by atoms with van der Waals surface area (Å²) in [6.07, 6.45) is 0.114. The Morgan fingerprint density at radius 1 is 1.02 bits per heavy atom. The second-order valence-electron chi connectivity index (χ2n) is 12.3. The van der Waals surface area contributed by atoms with Crippen molar-refractivity contribution in [1.29, 1.82) is 0 Å². The lowest BCUT2D eigenvalue weighted by Gasteiger charge is -2.32. The predicted octanol–water partition coefficient (Wildman–Crippen LogP) is 3.86. The van der Waals surface area contributed by atoms with E-state index >= 15 is 0 Å². The van der Waals surface area contributed by atoms with Crippen LogP contribution >= 0.6 is 11.3 Å². The summed E-state index contributed by atoms with van der Waals surface area (Å²) >= 11 is 1.49. The van der Waals surface area contributed by atoms with Gasteiger partial charge in [-0.05, 0) is 48.4 Å². The van der Waals surface area contributed by atoms with Crippen molar-refractivity contribution in [1.82, 2.24) is 24.8 Å². The highest BCUT2D eigenvalue weighted by molar-refractivity contribution is 7.89. The Hall–Kier alpha value is -3.85. The van der Waals surface area contributed by atoms with Crippen LogP contribution in [0.5, 0.6) is 0 Å². The first-order valence-electron chi connectivity index (χ1n) is 15.4. The molecule has 0 unspecified atom stereocenters. The fourth-order valence-corrected chi connectivity index (χ4v) is 7.18. The number of amides is 3. The zero-order chi connectivity index (χ0) is 34.7. The molecular formula is C33H46N6O6S2. The summed E-state index contributed by atoms with van der Waals surface area (Å²) in [6.45, 7) is 9.38. The Labute approximate surface area is 281 Å². The molecule has 12 nitrogen and oxygen atoms in total. The minimum atomic E-state index is -4.05. The number of carbonyl (C=O) groups excluding carboxylic acids is 2. The topological polar surface area (TPSA) is 165 Å². The van der Waals surface area contributed by atoms with Gasteiger partial charge in [-0.15, -0.1) is 11.3 Å². The first kappa shape index (κ1) is 37.6. The van der Waals surface area contributed by atoms with Crippen LogP contribution < -0.4 is 10.6 Å². The zero-order valence-corrected chi connectivity index (χ0v) is 29.3. The average molecular weight is 687 g/mol. The van der Waals surface area contributed by atoms with Gasteiger partial charge in [-0.1, -0.05) is 75.3 Å². The van der Waals surface area contributed by atoms with Crippen molar-refractivity contribution < 1.29 is 28.3 Å². The lowest BCUT2D eigenvalue weighted by atomic mass is 9.98. The third-order valence-corrected chi connectivity index (χ3v) is 10.1. The Morgan fingerprint density at radius 3 is 2.23 bits per heavy atom. The van der Waals surface area contributed by atoms with Crippen molar-refractivity contribution in [3.63, 3.8) is 0 Å².